The van der Waals surface area contributed by atoms with Gasteiger partial charge in [-0.2, -0.15) is 0 Å². The SMILES string of the molecule is C=CCN1C(=O)C2(c3ccccc31)c1c(oc3ccccc3c1=O)C(=O)N2CCCO. The van der Waals surface area contributed by atoms with Gasteiger partial charge in [-0.1, -0.05) is 36.4 Å². The summed E-state index contributed by atoms with van der Waals surface area (Å²) in [6.45, 7) is 3.91. The zero-order valence-corrected chi connectivity index (χ0v) is 16.7. The van der Waals surface area contributed by atoms with Gasteiger partial charge in [-0.25, -0.2) is 0 Å². The monoisotopic (exact) mass is 416 g/mol. The van der Waals surface area contributed by atoms with Gasteiger partial charge in [-0.05, 0) is 24.6 Å². The minimum atomic E-state index is -1.63. The number of rotatable bonds is 5. The van der Waals surface area contributed by atoms with E-state index in [0.29, 0.717) is 22.2 Å². The van der Waals surface area contributed by atoms with Gasteiger partial charge in [-0.15, -0.1) is 6.58 Å². The molecule has 0 aliphatic carbocycles. The fourth-order valence-corrected chi connectivity index (χ4v) is 4.78. The molecule has 0 bridgehead atoms. The number of hydrogen-bond donors (Lipinski definition) is 1. The molecule has 31 heavy (non-hydrogen) atoms. The molecule has 156 valence electrons. The van der Waals surface area contributed by atoms with Gasteiger partial charge < -0.3 is 19.3 Å². The van der Waals surface area contributed by atoms with Gasteiger partial charge in [0.25, 0.3) is 11.8 Å². The van der Waals surface area contributed by atoms with Crippen molar-refractivity contribution in [2.45, 2.75) is 12.0 Å². The molecule has 7 heteroatoms. The number of amides is 2. The molecule has 0 saturated heterocycles. The largest absolute Gasteiger partial charge is 0.450 e. The van der Waals surface area contributed by atoms with Crippen LogP contribution in [-0.4, -0.2) is 41.5 Å². The van der Waals surface area contributed by atoms with Gasteiger partial charge in [0.05, 0.1) is 16.6 Å². The van der Waals surface area contributed by atoms with Crippen molar-refractivity contribution in [1.82, 2.24) is 4.90 Å². The molecule has 2 aliphatic heterocycles. The Morgan fingerprint density at radius 3 is 2.58 bits per heavy atom. The van der Waals surface area contributed by atoms with Crippen molar-refractivity contribution in [1.29, 1.82) is 0 Å². The van der Waals surface area contributed by atoms with Crippen molar-refractivity contribution in [2.75, 3.05) is 24.6 Å². The van der Waals surface area contributed by atoms with Gasteiger partial charge in [-0.3, -0.25) is 14.4 Å². The fraction of sp³-hybridized carbons (Fsp3) is 0.208. The van der Waals surface area contributed by atoms with Gasteiger partial charge >= 0.3 is 0 Å². The predicted octanol–water partition coefficient (Wildman–Crippen LogP) is 2.41. The first kappa shape index (κ1) is 19.3. The maximum absolute atomic E-state index is 14.0. The third kappa shape index (κ3) is 2.35. The third-order valence-corrected chi connectivity index (χ3v) is 5.99. The van der Waals surface area contributed by atoms with E-state index in [9.17, 15) is 19.5 Å². The number of carbonyl (C=O) groups is 2. The number of para-hydroxylation sites is 2. The number of aliphatic hydroxyl groups excluding tert-OH is 1. The second-order valence-corrected chi connectivity index (χ2v) is 7.60. The quantitative estimate of drug-likeness (QED) is 0.645. The maximum Gasteiger partial charge on any atom is 0.291 e. The van der Waals surface area contributed by atoms with E-state index in [1.165, 1.54) is 9.80 Å². The van der Waals surface area contributed by atoms with Gasteiger partial charge in [0.2, 0.25) is 5.76 Å². The maximum atomic E-state index is 14.0. The summed E-state index contributed by atoms with van der Waals surface area (Å²) in [7, 11) is 0. The van der Waals surface area contributed by atoms with Crippen LogP contribution < -0.4 is 10.3 Å². The van der Waals surface area contributed by atoms with E-state index >= 15 is 0 Å². The van der Waals surface area contributed by atoms with Crippen molar-refractivity contribution in [3.63, 3.8) is 0 Å². The molecule has 2 aromatic carbocycles. The molecule has 1 atom stereocenters. The second-order valence-electron chi connectivity index (χ2n) is 7.60. The Kier molecular flexibility index (Phi) is 4.30. The lowest BCUT2D eigenvalue weighted by atomic mass is 9.84. The number of fused-ring (bicyclic) bond motifs is 5. The molecule has 2 amide bonds. The summed E-state index contributed by atoms with van der Waals surface area (Å²) in [6, 6.07) is 13.8. The van der Waals surface area contributed by atoms with Crippen molar-refractivity contribution < 1.29 is 19.1 Å². The van der Waals surface area contributed by atoms with E-state index in [1.807, 2.05) is 0 Å². The van der Waals surface area contributed by atoms with Crippen molar-refractivity contribution in [3.05, 3.63) is 88.3 Å². The Morgan fingerprint density at radius 1 is 1.06 bits per heavy atom. The van der Waals surface area contributed by atoms with E-state index in [2.05, 4.69) is 6.58 Å². The summed E-state index contributed by atoms with van der Waals surface area (Å²) < 4.78 is 5.91. The molecule has 0 fully saturated rings. The Bertz CT molecular complexity index is 1310. The van der Waals surface area contributed by atoms with Crippen LogP contribution in [0.1, 0.15) is 28.1 Å². The highest BCUT2D eigenvalue weighted by atomic mass is 16.3. The summed E-state index contributed by atoms with van der Waals surface area (Å²) in [5.41, 5.74) is -0.533. The van der Waals surface area contributed by atoms with E-state index in [4.69, 9.17) is 4.42 Å². The minimum absolute atomic E-state index is 0.0400. The van der Waals surface area contributed by atoms with Crippen LogP contribution in [0.4, 0.5) is 5.69 Å². The van der Waals surface area contributed by atoms with Crippen molar-refractivity contribution >= 4 is 28.5 Å². The summed E-state index contributed by atoms with van der Waals surface area (Å²) in [5.74, 6) is -1.05. The number of nitrogens with zero attached hydrogens (tertiary/aromatic N) is 2. The highest BCUT2D eigenvalue weighted by molar-refractivity contribution is 6.17. The lowest BCUT2D eigenvalue weighted by molar-refractivity contribution is -0.126. The first-order valence-corrected chi connectivity index (χ1v) is 10.1. The molecular formula is C24H20N2O5. The van der Waals surface area contributed by atoms with Crippen LogP contribution in [0.2, 0.25) is 0 Å². The normalized spacial score (nSPS) is 19.4. The highest BCUT2D eigenvalue weighted by Crippen LogP contribution is 2.52. The topological polar surface area (TPSA) is 91.1 Å². The molecule has 1 aromatic heterocycles. The Balaban J connectivity index is 1.91. The summed E-state index contributed by atoms with van der Waals surface area (Å²) in [6.07, 6.45) is 1.86. The molecule has 0 radical (unpaired) electrons. The first-order valence-electron chi connectivity index (χ1n) is 10.1. The summed E-state index contributed by atoms with van der Waals surface area (Å²) in [5, 5.41) is 9.75. The Morgan fingerprint density at radius 2 is 1.81 bits per heavy atom. The van der Waals surface area contributed by atoms with Gasteiger partial charge in [0.1, 0.15) is 5.58 Å². The number of aliphatic hydroxyl groups is 1. The molecule has 1 spiro atoms. The van der Waals surface area contributed by atoms with Gasteiger partial charge in [0.15, 0.2) is 11.0 Å². The molecule has 7 nitrogen and oxygen atoms in total. The number of carbonyl (C=O) groups excluding carboxylic acids is 2. The molecular weight excluding hydrogens is 396 g/mol. The number of hydrogen-bond acceptors (Lipinski definition) is 5. The molecule has 2 aliphatic rings. The zero-order valence-electron chi connectivity index (χ0n) is 16.7. The van der Waals surface area contributed by atoms with Crippen LogP contribution in [0.15, 0.2) is 70.4 Å². The van der Waals surface area contributed by atoms with Crippen LogP contribution in [0, 0.1) is 0 Å². The lowest BCUT2D eigenvalue weighted by Crippen LogP contribution is -2.53. The standard InChI is InChI=1S/C24H20N2O5/c1-2-12-25-17-10-5-4-9-16(17)24(23(25)30)19-20(28)15-8-3-6-11-18(15)31-21(19)22(29)26(24)13-7-14-27/h2-6,8-11,27H,1,7,12-14H2. The molecule has 3 heterocycles. The van der Waals surface area contributed by atoms with Crippen molar-refractivity contribution in [3.8, 4) is 0 Å². The smallest absolute Gasteiger partial charge is 0.291 e. The van der Waals surface area contributed by atoms with E-state index in [0.717, 1.165) is 0 Å². The first-order chi connectivity index (χ1) is 15.1. The Labute approximate surface area is 177 Å². The summed E-state index contributed by atoms with van der Waals surface area (Å²) >= 11 is 0. The van der Waals surface area contributed by atoms with Crippen LogP contribution in [0.3, 0.4) is 0 Å². The molecule has 1 unspecified atom stereocenters. The third-order valence-electron chi connectivity index (χ3n) is 5.99. The second kappa shape index (κ2) is 6.92. The molecule has 3 aromatic rings. The van der Waals surface area contributed by atoms with E-state index in [1.54, 1.807) is 54.6 Å². The molecule has 0 saturated carbocycles. The zero-order chi connectivity index (χ0) is 21.8. The molecule has 1 N–H and O–H groups in total. The minimum Gasteiger partial charge on any atom is -0.450 e. The highest BCUT2D eigenvalue weighted by Gasteiger charge is 2.64. The van der Waals surface area contributed by atoms with Crippen LogP contribution >= 0.6 is 0 Å². The summed E-state index contributed by atoms with van der Waals surface area (Å²) in [4.78, 5) is 44.1. The van der Waals surface area contributed by atoms with Crippen LogP contribution in [0.25, 0.3) is 11.0 Å². The van der Waals surface area contributed by atoms with Crippen LogP contribution in [0.5, 0.6) is 0 Å². The number of anilines is 1. The van der Waals surface area contributed by atoms with E-state index < -0.39 is 22.8 Å². The van der Waals surface area contributed by atoms with E-state index in [-0.39, 0.29) is 37.4 Å². The average Bonchev–Trinajstić information content (AvgIpc) is 3.18. The number of benzene rings is 2. The fourth-order valence-electron chi connectivity index (χ4n) is 4.78. The predicted molar refractivity (Wildman–Crippen MR) is 115 cm³/mol. The average molecular weight is 416 g/mol. The van der Waals surface area contributed by atoms with Crippen LogP contribution in [-0.2, 0) is 10.3 Å². The Hall–Kier alpha value is -3.71. The van der Waals surface area contributed by atoms with Crippen molar-refractivity contribution in [2.24, 2.45) is 0 Å². The van der Waals surface area contributed by atoms with Gasteiger partial charge in [0, 0.05) is 25.3 Å². The lowest BCUT2D eigenvalue weighted by Gasteiger charge is -2.34. The molecule has 5 rings (SSSR count).